The zero-order valence-electron chi connectivity index (χ0n) is 23.0. The van der Waals surface area contributed by atoms with Crippen molar-refractivity contribution in [2.45, 2.75) is 56.9 Å². The normalized spacial score (nSPS) is 13.2. The Morgan fingerprint density at radius 3 is 2.14 bits per heavy atom. The number of carbonyl (C=O) groups excluding carboxylic acids is 2. The van der Waals surface area contributed by atoms with Crippen molar-refractivity contribution in [2.75, 3.05) is 10.8 Å². The highest BCUT2D eigenvalue weighted by molar-refractivity contribution is 7.92. The number of benzene rings is 3. The first-order valence-electron chi connectivity index (χ1n) is 12.9. The van der Waals surface area contributed by atoms with Gasteiger partial charge in [0.25, 0.3) is 10.0 Å². The number of nitrogens with zero attached hydrogens (tertiary/aromatic N) is 2. The number of amides is 2. The van der Waals surface area contributed by atoms with Crippen LogP contribution in [0.4, 0.5) is 18.9 Å². The number of nitrogens with one attached hydrogen (secondary N) is 1. The first kappa shape index (κ1) is 33.2. The molecule has 1 N–H and O–H groups in total. The predicted octanol–water partition coefficient (Wildman–Crippen LogP) is 6.54. The fourth-order valence-corrected chi connectivity index (χ4v) is 5.75. The van der Waals surface area contributed by atoms with Gasteiger partial charge in [0.2, 0.25) is 11.8 Å². The summed E-state index contributed by atoms with van der Waals surface area (Å²) in [6.07, 6.45) is -4.26. The highest BCUT2D eigenvalue weighted by atomic mass is 35.5. The molecule has 0 saturated heterocycles. The molecule has 0 radical (unpaired) electrons. The average molecular weight is 645 g/mol. The second kappa shape index (κ2) is 13.8. The predicted molar refractivity (Wildman–Crippen MR) is 157 cm³/mol. The Hall–Kier alpha value is -3.28. The number of carbonyl (C=O) groups is 2. The van der Waals surface area contributed by atoms with E-state index in [2.05, 4.69) is 5.32 Å². The second-order valence-corrected chi connectivity index (χ2v) is 12.3. The van der Waals surface area contributed by atoms with Crippen molar-refractivity contribution in [3.8, 4) is 0 Å². The van der Waals surface area contributed by atoms with Gasteiger partial charge in [-0.3, -0.25) is 13.9 Å². The number of anilines is 1. The van der Waals surface area contributed by atoms with Gasteiger partial charge in [0.15, 0.2) is 0 Å². The molecule has 226 valence electrons. The molecule has 0 aromatic heterocycles. The summed E-state index contributed by atoms with van der Waals surface area (Å²) in [7, 11) is -4.55. The molecular weight excluding hydrogens is 614 g/mol. The highest BCUT2D eigenvalue weighted by Crippen LogP contribution is 2.38. The molecule has 0 heterocycles. The Bertz CT molecular complexity index is 1500. The minimum atomic E-state index is -4.89. The molecule has 42 heavy (non-hydrogen) atoms. The Labute approximate surface area is 253 Å². The first-order chi connectivity index (χ1) is 19.6. The molecule has 0 bridgehead atoms. The standard InChI is InChI=1S/C29H30Cl2F3N3O4S/c1-4-19(2)35-28(39)20(3)36(17-21-10-12-22(30)13-11-21)27(38)18-37(42(40,41)24-8-6-5-7-9-24)23-14-15-26(31)25(16-23)29(32,33)34/h5-16,19-20H,4,17-18H2,1-3H3,(H,35,39)/t19-,20+/m0/s1. The van der Waals surface area contributed by atoms with Gasteiger partial charge in [-0.1, -0.05) is 60.5 Å². The third-order valence-electron chi connectivity index (χ3n) is 6.59. The van der Waals surface area contributed by atoms with Gasteiger partial charge in [-0.15, -0.1) is 0 Å². The summed E-state index contributed by atoms with van der Waals surface area (Å²) in [5, 5.41) is 2.62. The van der Waals surface area contributed by atoms with Gasteiger partial charge < -0.3 is 10.2 Å². The van der Waals surface area contributed by atoms with Gasteiger partial charge in [0, 0.05) is 17.6 Å². The maximum absolute atomic E-state index is 13.9. The van der Waals surface area contributed by atoms with Crippen LogP contribution in [0.3, 0.4) is 0 Å². The van der Waals surface area contributed by atoms with Crippen LogP contribution in [0.1, 0.15) is 38.3 Å². The molecule has 13 heteroatoms. The molecule has 0 aliphatic carbocycles. The van der Waals surface area contributed by atoms with Gasteiger partial charge in [-0.05, 0) is 68.3 Å². The summed E-state index contributed by atoms with van der Waals surface area (Å²) >= 11 is 11.8. The molecule has 2 atom stereocenters. The molecule has 0 fully saturated rings. The molecule has 2 amide bonds. The summed E-state index contributed by atoms with van der Waals surface area (Å²) in [5.41, 5.74) is -1.09. The SMILES string of the molecule is CC[C@H](C)NC(=O)[C@@H](C)N(Cc1ccc(Cl)cc1)C(=O)CN(c1ccc(Cl)c(C(F)(F)F)c1)S(=O)(=O)c1ccccc1. The largest absolute Gasteiger partial charge is 0.417 e. The van der Waals surface area contributed by atoms with Crippen LogP contribution < -0.4 is 9.62 Å². The van der Waals surface area contributed by atoms with Crippen molar-refractivity contribution >= 4 is 50.7 Å². The van der Waals surface area contributed by atoms with Crippen LogP contribution in [-0.4, -0.2) is 43.8 Å². The van der Waals surface area contributed by atoms with Crippen LogP contribution in [0.15, 0.2) is 77.7 Å². The lowest BCUT2D eigenvalue weighted by molar-refractivity contribution is -0.139. The van der Waals surface area contributed by atoms with Crippen molar-refractivity contribution in [3.05, 3.63) is 94.0 Å². The van der Waals surface area contributed by atoms with Gasteiger partial charge in [-0.2, -0.15) is 13.2 Å². The van der Waals surface area contributed by atoms with Crippen LogP contribution >= 0.6 is 23.2 Å². The Kier molecular flexibility index (Phi) is 10.9. The van der Waals surface area contributed by atoms with Crippen LogP contribution in [0.25, 0.3) is 0 Å². The van der Waals surface area contributed by atoms with Crippen LogP contribution in [0.5, 0.6) is 0 Å². The van der Waals surface area contributed by atoms with E-state index in [4.69, 9.17) is 23.2 Å². The van der Waals surface area contributed by atoms with E-state index in [1.807, 2.05) is 6.92 Å². The first-order valence-corrected chi connectivity index (χ1v) is 15.1. The molecule has 0 spiro atoms. The number of rotatable bonds is 11. The van der Waals surface area contributed by atoms with Gasteiger partial charge in [-0.25, -0.2) is 8.42 Å². The lowest BCUT2D eigenvalue weighted by Crippen LogP contribution is -2.52. The molecule has 0 saturated carbocycles. The van der Waals surface area contributed by atoms with Crippen molar-refractivity contribution in [3.63, 3.8) is 0 Å². The average Bonchev–Trinajstić information content (AvgIpc) is 2.95. The van der Waals surface area contributed by atoms with E-state index in [0.717, 1.165) is 12.1 Å². The number of alkyl halides is 3. The Morgan fingerprint density at radius 1 is 0.952 bits per heavy atom. The van der Waals surface area contributed by atoms with E-state index in [1.54, 1.807) is 37.3 Å². The van der Waals surface area contributed by atoms with Crippen LogP contribution in [0, 0.1) is 0 Å². The topological polar surface area (TPSA) is 86.8 Å². The Balaban J connectivity index is 2.10. The third kappa shape index (κ3) is 8.17. The van der Waals surface area contributed by atoms with Crippen molar-refractivity contribution in [2.24, 2.45) is 0 Å². The zero-order chi connectivity index (χ0) is 31.2. The summed E-state index contributed by atoms with van der Waals surface area (Å²) in [6.45, 7) is 4.16. The van der Waals surface area contributed by atoms with Gasteiger partial charge in [0.1, 0.15) is 12.6 Å². The zero-order valence-corrected chi connectivity index (χ0v) is 25.4. The number of hydrogen-bond donors (Lipinski definition) is 1. The lowest BCUT2D eigenvalue weighted by Gasteiger charge is -2.32. The Morgan fingerprint density at radius 2 is 1.57 bits per heavy atom. The number of halogens is 5. The van der Waals surface area contributed by atoms with E-state index in [0.29, 0.717) is 27.4 Å². The van der Waals surface area contributed by atoms with E-state index in [-0.39, 0.29) is 17.5 Å². The van der Waals surface area contributed by atoms with E-state index in [9.17, 15) is 31.2 Å². The highest BCUT2D eigenvalue weighted by Gasteiger charge is 2.37. The minimum Gasteiger partial charge on any atom is -0.352 e. The number of hydrogen-bond acceptors (Lipinski definition) is 4. The minimum absolute atomic E-state index is 0.0985. The monoisotopic (exact) mass is 643 g/mol. The summed E-state index contributed by atoms with van der Waals surface area (Å²) in [6, 6.07) is 14.8. The van der Waals surface area contributed by atoms with Crippen molar-refractivity contribution < 1.29 is 31.2 Å². The van der Waals surface area contributed by atoms with Crippen molar-refractivity contribution in [1.82, 2.24) is 10.2 Å². The quantitative estimate of drug-likeness (QED) is 0.257. The van der Waals surface area contributed by atoms with E-state index >= 15 is 0 Å². The maximum atomic E-state index is 13.9. The molecule has 3 aromatic rings. The molecular formula is C29H30Cl2F3N3O4S. The van der Waals surface area contributed by atoms with E-state index < -0.39 is 56.9 Å². The molecule has 0 unspecified atom stereocenters. The van der Waals surface area contributed by atoms with Gasteiger partial charge in [0.05, 0.1) is 21.2 Å². The summed E-state index contributed by atoms with van der Waals surface area (Å²) in [4.78, 5) is 27.9. The van der Waals surface area contributed by atoms with Crippen LogP contribution in [0.2, 0.25) is 10.0 Å². The summed E-state index contributed by atoms with van der Waals surface area (Å²) in [5.74, 6) is -1.30. The molecule has 0 aliphatic rings. The maximum Gasteiger partial charge on any atom is 0.417 e. The molecule has 3 aromatic carbocycles. The molecule has 3 rings (SSSR count). The van der Waals surface area contributed by atoms with Gasteiger partial charge >= 0.3 is 6.18 Å². The number of sulfonamides is 1. The fourth-order valence-electron chi connectivity index (χ4n) is 3.97. The van der Waals surface area contributed by atoms with Crippen molar-refractivity contribution in [1.29, 1.82) is 0 Å². The lowest BCUT2D eigenvalue weighted by atomic mass is 10.1. The van der Waals surface area contributed by atoms with E-state index in [1.165, 1.54) is 36.1 Å². The third-order valence-corrected chi connectivity index (χ3v) is 8.96. The fraction of sp³-hybridized carbons (Fsp3) is 0.310. The van der Waals surface area contributed by atoms with Crippen LogP contribution in [-0.2, 0) is 32.3 Å². The summed E-state index contributed by atoms with van der Waals surface area (Å²) < 4.78 is 69.3. The smallest absolute Gasteiger partial charge is 0.352 e. The molecule has 7 nitrogen and oxygen atoms in total. The second-order valence-electron chi connectivity index (χ2n) is 9.63. The molecule has 0 aliphatic heterocycles.